The Labute approximate surface area is 415 Å². The van der Waals surface area contributed by atoms with Gasteiger partial charge in [-0.2, -0.15) is 0 Å². The first-order valence-electron chi connectivity index (χ1n) is 23.8. The normalized spacial score (nSPS) is 23.6. The lowest BCUT2D eigenvalue weighted by Gasteiger charge is -2.48. The maximum Gasteiger partial charge on any atom is 0.324 e. The SMILES string of the molecule is CCn1c(-c2cccnc2[C@H](C)OC)c2c3cc(ccc31)-c1csc(n1)C[C@](Br)(NC(=O)[C@H](C(C)C)N(C)C(=O)N1C[C@H]3[C@@H]1CCN3C(=O)/C=C/CF)C(=O)N1CCC[C@H](N1)C(=O)OCC(C)(C)C2. The first-order chi connectivity index (χ1) is 32.9. The number of hydrogen-bond donors (Lipinski definition) is 2. The monoisotopic (exact) mass is 1030 g/mol. The van der Waals surface area contributed by atoms with Crippen LogP contribution in [0.1, 0.15) is 83.2 Å². The zero-order valence-electron chi connectivity index (χ0n) is 40.6. The number of carbonyl (C=O) groups is 5. The molecule has 5 amide bonds. The van der Waals surface area contributed by atoms with E-state index >= 15 is 0 Å². The molecular weight excluding hydrogens is 970 g/mol. The van der Waals surface area contributed by atoms with Gasteiger partial charge < -0.3 is 34.1 Å². The lowest BCUT2D eigenvalue weighted by molar-refractivity contribution is -0.156. The second-order valence-corrected chi connectivity index (χ2v) is 22.0. The smallest absolute Gasteiger partial charge is 0.324 e. The first kappa shape index (κ1) is 50.2. The number of nitrogens with one attached hydrogen (secondary N) is 2. The molecule has 6 bridgehead atoms. The van der Waals surface area contributed by atoms with Crippen LogP contribution >= 0.6 is 27.3 Å². The van der Waals surface area contributed by atoms with Crippen molar-refractivity contribution in [2.45, 2.75) is 115 Å². The van der Waals surface area contributed by atoms with Gasteiger partial charge in [-0.1, -0.05) is 49.7 Å². The highest BCUT2D eigenvalue weighted by molar-refractivity contribution is 9.10. The molecule has 19 heteroatoms. The Balaban J connectivity index is 1.14. The zero-order chi connectivity index (χ0) is 49.5. The molecule has 4 aliphatic rings. The topological polar surface area (TPSA) is 172 Å². The number of nitrogens with zero attached hydrogens (tertiary/aromatic N) is 7. The Morgan fingerprint density at radius 2 is 1.90 bits per heavy atom. The minimum Gasteiger partial charge on any atom is -0.464 e. The van der Waals surface area contributed by atoms with E-state index in [9.17, 15) is 28.4 Å². The number of aryl methyl sites for hydroxylation is 1. The number of thiazole rings is 1. The number of hydrogen-bond acceptors (Lipinski definition) is 11. The number of ether oxygens (including phenoxy) is 2. The third-order valence-corrected chi connectivity index (χ3v) is 15.7. The maximum atomic E-state index is 14.9. The highest BCUT2D eigenvalue weighted by Gasteiger charge is 2.52. The van der Waals surface area contributed by atoms with Gasteiger partial charge in [-0.05, 0) is 81.4 Å². The summed E-state index contributed by atoms with van der Waals surface area (Å²) in [5.74, 6) is -2.27. The molecule has 370 valence electrons. The van der Waals surface area contributed by atoms with Crippen molar-refractivity contribution in [1.82, 2.24) is 45.0 Å². The standard InChI is InChI=1S/C50H63BrFN9O7S/c1-9-58-37-17-16-31-23-33(37)34(44(58)32-13-11-20-53-42(32)30(4)67-8)24-49(5,6)28-68-46(64)35-14-12-21-61(56-35)47(65)50(51,25-40-54-36(31)27-69-40)55-45(63)43(29(2)3)57(7)48(66)60-26-39-38(60)18-22-59(39)41(62)15-10-19-52/h10-11,13,15-17,20,23,27,29-30,35,38-39,43,56H,9,12,14,18-19,21-22,24-26,28H2,1-8H3,(H,55,63)/b15-10+/t30-,35-,38-,39-,43-,50-/m0/s1. The lowest BCUT2D eigenvalue weighted by Crippen LogP contribution is -2.69. The largest absolute Gasteiger partial charge is 0.464 e. The molecule has 0 unspecified atom stereocenters. The van der Waals surface area contributed by atoms with Crippen LogP contribution in [0.25, 0.3) is 33.4 Å². The van der Waals surface area contributed by atoms with E-state index in [0.29, 0.717) is 49.5 Å². The fourth-order valence-corrected chi connectivity index (χ4v) is 12.2. The van der Waals surface area contributed by atoms with Crippen LogP contribution in [0.3, 0.4) is 0 Å². The van der Waals surface area contributed by atoms with E-state index in [1.54, 1.807) is 30.2 Å². The molecule has 8 rings (SSSR count). The van der Waals surface area contributed by atoms with Gasteiger partial charge in [-0.25, -0.2) is 19.6 Å². The number of aromatic nitrogens is 3. The number of halogens is 2. The molecule has 4 aliphatic heterocycles. The number of benzene rings is 1. The number of urea groups is 1. The minimum atomic E-state index is -1.77. The van der Waals surface area contributed by atoms with Crippen LogP contribution in [0.4, 0.5) is 9.18 Å². The molecule has 4 aromatic rings. The molecule has 0 aliphatic carbocycles. The van der Waals surface area contributed by atoms with Crippen molar-refractivity contribution in [2.75, 3.05) is 47.1 Å². The number of carbonyl (C=O) groups excluding carboxylic acids is 5. The van der Waals surface area contributed by atoms with E-state index in [1.165, 1.54) is 33.4 Å². The van der Waals surface area contributed by atoms with Crippen LogP contribution in [-0.2, 0) is 48.0 Å². The Morgan fingerprint density at radius 3 is 2.62 bits per heavy atom. The number of esters is 1. The molecule has 16 nitrogen and oxygen atoms in total. The molecule has 69 heavy (non-hydrogen) atoms. The van der Waals surface area contributed by atoms with Crippen LogP contribution < -0.4 is 10.7 Å². The van der Waals surface area contributed by atoms with Crippen LogP contribution in [0.15, 0.2) is 54.1 Å². The number of amides is 5. The maximum absolute atomic E-state index is 14.9. The fourth-order valence-electron chi connectivity index (χ4n) is 10.4. The number of methoxy groups -OCH3 is 1. The van der Waals surface area contributed by atoms with Gasteiger partial charge >= 0.3 is 12.0 Å². The third-order valence-electron chi connectivity index (χ3n) is 14.0. The second-order valence-electron chi connectivity index (χ2n) is 19.7. The Morgan fingerprint density at radius 1 is 1.12 bits per heavy atom. The molecule has 3 aromatic heterocycles. The van der Waals surface area contributed by atoms with Crippen molar-refractivity contribution in [3.05, 3.63) is 70.3 Å². The van der Waals surface area contributed by atoms with Gasteiger partial charge in [0.2, 0.25) is 11.8 Å². The summed E-state index contributed by atoms with van der Waals surface area (Å²) < 4.78 is 25.2. The fraction of sp³-hybridized carbons (Fsp3) is 0.540. The summed E-state index contributed by atoms with van der Waals surface area (Å²) in [6.45, 7) is 13.0. The lowest BCUT2D eigenvalue weighted by atomic mass is 9.84. The molecule has 3 saturated heterocycles. The van der Waals surface area contributed by atoms with Crippen molar-refractivity contribution < 1.29 is 37.8 Å². The predicted molar refractivity (Wildman–Crippen MR) is 265 cm³/mol. The van der Waals surface area contributed by atoms with Crippen LogP contribution in [-0.4, -0.2) is 140 Å². The summed E-state index contributed by atoms with van der Waals surface area (Å²) in [5, 5.41) is 7.92. The minimum absolute atomic E-state index is 0.0614. The molecule has 0 spiro atoms. The summed E-state index contributed by atoms with van der Waals surface area (Å²) in [6, 6.07) is 7.68. The van der Waals surface area contributed by atoms with E-state index in [1.807, 2.05) is 38.3 Å². The van der Waals surface area contributed by atoms with Gasteiger partial charge in [-0.15, -0.1) is 11.3 Å². The van der Waals surface area contributed by atoms with Crippen LogP contribution in [0, 0.1) is 11.3 Å². The van der Waals surface area contributed by atoms with E-state index in [4.69, 9.17) is 19.4 Å². The van der Waals surface area contributed by atoms with Crippen molar-refractivity contribution >= 4 is 67.9 Å². The van der Waals surface area contributed by atoms with Gasteiger partial charge in [0.15, 0.2) is 4.45 Å². The van der Waals surface area contributed by atoms with Crippen LogP contribution in [0.5, 0.6) is 0 Å². The predicted octanol–water partition coefficient (Wildman–Crippen LogP) is 6.81. The number of hydrazine groups is 1. The number of allylic oxidation sites excluding steroid dienone is 1. The summed E-state index contributed by atoms with van der Waals surface area (Å²) in [6.07, 6.45) is 5.89. The van der Waals surface area contributed by atoms with Crippen molar-refractivity contribution in [3.63, 3.8) is 0 Å². The van der Waals surface area contributed by atoms with E-state index in [0.717, 1.165) is 39.0 Å². The number of cyclic esters (lactones) is 1. The van der Waals surface area contributed by atoms with Crippen molar-refractivity contribution in [2.24, 2.45) is 11.3 Å². The number of likely N-dealkylation sites (N-methyl/N-ethyl adjacent to an activating group) is 1. The molecule has 1 aromatic carbocycles. The average Bonchev–Trinajstić information content (AvgIpc) is 4.01. The van der Waals surface area contributed by atoms with Gasteiger partial charge in [0, 0.05) is 91.9 Å². The van der Waals surface area contributed by atoms with E-state index < -0.39 is 46.4 Å². The molecular formula is C50H63BrFN9O7S. The summed E-state index contributed by atoms with van der Waals surface area (Å²) in [4.78, 5) is 85.1. The van der Waals surface area contributed by atoms with Crippen molar-refractivity contribution in [1.29, 1.82) is 0 Å². The molecule has 0 saturated carbocycles. The second kappa shape index (κ2) is 20.2. The van der Waals surface area contributed by atoms with Crippen molar-refractivity contribution in [3.8, 4) is 22.5 Å². The number of alkyl halides is 2. The quantitative estimate of drug-likeness (QED) is 0.0745. The molecule has 0 radical (unpaired) electrons. The van der Waals surface area contributed by atoms with E-state index in [2.05, 4.69) is 70.2 Å². The number of likely N-dealkylation sites (tertiary alicyclic amines) is 2. The van der Waals surface area contributed by atoms with Crippen LogP contribution in [0.2, 0.25) is 0 Å². The zero-order valence-corrected chi connectivity index (χ0v) is 43.0. The third kappa shape index (κ3) is 9.80. The highest BCUT2D eigenvalue weighted by atomic mass is 79.9. The molecule has 7 heterocycles. The number of rotatable bonds is 10. The molecule has 2 N–H and O–H groups in total. The first-order valence-corrected chi connectivity index (χ1v) is 25.5. The van der Waals surface area contributed by atoms with Gasteiger partial charge in [0.05, 0.1) is 46.9 Å². The van der Waals surface area contributed by atoms with Gasteiger partial charge in [0.25, 0.3) is 5.91 Å². The Kier molecular flexibility index (Phi) is 14.7. The summed E-state index contributed by atoms with van der Waals surface area (Å²) >= 11 is 5.09. The molecule has 6 atom stereocenters. The number of fused-ring (bicyclic) bond motifs is 7. The highest BCUT2D eigenvalue weighted by Crippen LogP contribution is 2.42. The Bertz CT molecular complexity index is 2650. The average molecular weight is 1030 g/mol. The van der Waals surface area contributed by atoms with E-state index in [-0.39, 0.29) is 62.2 Å². The summed E-state index contributed by atoms with van der Waals surface area (Å²) in [5.41, 5.74) is 9.07. The Hall–Kier alpha value is -5.24. The number of pyridine rings is 1. The van der Waals surface area contributed by atoms with Gasteiger partial charge in [-0.3, -0.25) is 29.2 Å². The molecule has 3 fully saturated rings. The van der Waals surface area contributed by atoms with Gasteiger partial charge in [0.1, 0.15) is 18.8 Å². The summed E-state index contributed by atoms with van der Waals surface area (Å²) in [7, 11) is 3.25.